The highest BCUT2D eigenvalue weighted by Gasteiger charge is 2.35. The van der Waals surface area contributed by atoms with E-state index < -0.39 is 35.0 Å². The van der Waals surface area contributed by atoms with Gasteiger partial charge in [-0.15, -0.1) is 0 Å². The lowest BCUT2D eigenvalue weighted by Crippen LogP contribution is -2.23. The van der Waals surface area contributed by atoms with Gasteiger partial charge < -0.3 is 18.9 Å². The molecule has 0 aromatic heterocycles. The molecule has 0 unspecified atom stereocenters. The maximum Gasteiger partial charge on any atom is 0.339 e. The van der Waals surface area contributed by atoms with Crippen molar-refractivity contribution in [3.05, 3.63) is 45.5 Å². The third kappa shape index (κ3) is 3.28. The van der Waals surface area contributed by atoms with E-state index in [2.05, 4.69) is 0 Å². The van der Waals surface area contributed by atoms with E-state index in [0.29, 0.717) is 5.56 Å². The Bertz CT molecular complexity index is 1000. The first-order valence-corrected chi connectivity index (χ1v) is 8.17. The Hall–Kier alpha value is -3.42. The number of fused-ring (bicyclic) bond motifs is 1. The standard InChI is InChI=1S/C20H20O8/c1-9-7-10(2)12-11(8-9)13(17(21)25-3)15(19(23)27-5)16(20(24)28-6)14(12)18(22)26-4/h7-8H,1-6H3. The van der Waals surface area contributed by atoms with Gasteiger partial charge in [0.05, 0.1) is 50.7 Å². The molecule has 2 rings (SSSR count). The van der Waals surface area contributed by atoms with Crippen LogP contribution in [0.15, 0.2) is 12.1 Å². The third-order valence-corrected chi connectivity index (χ3v) is 4.31. The van der Waals surface area contributed by atoms with Gasteiger partial charge in [0, 0.05) is 5.39 Å². The van der Waals surface area contributed by atoms with Crippen molar-refractivity contribution in [1.82, 2.24) is 0 Å². The summed E-state index contributed by atoms with van der Waals surface area (Å²) < 4.78 is 19.2. The van der Waals surface area contributed by atoms with E-state index in [4.69, 9.17) is 18.9 Å². The fraction of sp³-hybridized carbons (Fsp3) is 0.300. The summed E-state index contributed by atoms with van der Waals surface area (Å²) in [6, 6.07) is 3.39. The van der Waals surface area contributed by atoms with E-state index in [1.807, 2.05) is 0 Å². The third-order valence-electron chi connectivity index (χ3n) is 4.31. The highest BCUT2D eigenvalue weighted by molar-refractivity contribution is 6.24. The molecule has 0 bridgehead atoms. The molecule has 0 spiro atoms. The van der Waals surface area contributed by atoms with Crippen molar-refractivity contribution >= 4 is 34.6 Å². The second-order valence-electron chi connectivity index (χ2n) is 5.97. The van der Waals surface area contributed by atoms with E-state index in [9.17, 15) is 19.2 Å². The van der Waals surface area contributed by atoms with Crippen LogP contribution in [0.5, 0.6) is 0 Å². The van der Waals surface area contributed by atoms with Crippen LogP contribution in [0.3, 0.4) is 0 Å². The van der Waals surface area contributed by atoms with Gasteiger partial charge in [-0.2, -0.15) is 0 Å². The molecule has 0 radical (unpaired) electrons. The molecule has 2 aromatic carbocycles. The number of benzene rings is 2. The quantitative estimate of drug-likeness (QED) is 0.581. The number of hydrogen-bond acceptors (Lipinski definition) is 8. The Morgan fingerprint density at radius 2 is 1.00 bits per heavy atom. The molecule has 8 heteroatoms. The molecule has 28 heavy (non-hydrogen) atoms. The van der Waals surface area contributed by atoms with Crippen molar-refractivity contribution < 1.29 is 38.1 Å². The number of carbonyl (C=O) groups is 4. The van der Waals surface area contributed by atoms with Crippen LogP contribution in [0.2, 0.25) is 0 Å². The molecular formula is C20H20O8. The first kappa shape index (κ1) is 20.9. The lowest BCUT2D eigenvalue weighted by molar-refractivity contribution is 0.0523. The average Bonchev–Trinajstić information content (AvgIpc) is 2.69. The van der Waals surface area contributed by atoms with Crippen molar-refractivity contribution in [2.24, 2.45) is 0 Å². The fourth-order valence-electron chi connectivity index (χ4n) is 3.24. The van der Waals surface area contributed by atoms with Crippen LogP contribution < -0.4 is 0 Å². The van der Waals surface area contributed by atoms with Crippen LogP contribution in [0, 0.1) is 13.8 Å². The first-order chi connectivity index (χ1) is 13.2. The lowest BCUT2D eigenvalue weighted by atomic mass is 9.86. The van der Waals surface area contributed by atoms with Gasteiger partial charge in [0.1, 0.15) is 0 Å². The number of aryl methyl sites for hydroxylation is 2. The summed E-state index contributed by atoms with van der Waals surface area (Å²) in [6.45, 7) is 3.50. The predicted molar refractivity (Wildman–Crippen MR) is 98.8 cm³/mol. The van der Waals surface area contributed by atoms with Crippen molar-refractivity contribution in [1.29, 1.82) is 0 Å². The molecule has 0 saturated carbocycles. The van der Waals surface area contributed by atoms with Crippen LogP contribution in [0.1, 0.15) is 52.6 Å². The summed E-state index contributed by atoms with van der Waals surface area (Å²) >= 11 is 0. The predicted octanol–water partition coefficient (Wildman–Crippen LogP) is 2.60. The molecule has 0 aliphatic carbocycles. The number of carbonyl (C=O) groups excluding carboxylic acids is 4. The largest absolute Gasteiger partial charge is 0.465 e. The molecule has 0 fully saturated rings. The van der Waals surface area contributed by atoms with Gasteiger partial charge in [0.15, 0.2) is 0 Å². The van der Waals surface area contributed by atoms with Crippen LogP contribution in [0.25, 0.3) is 10.8 Å². The number of esters is 4. The normalized spacial score (nSPS) is 10.4. The zero-order valence-electron chi connectivity index (χ0n) is 16.4. The maximum atomic E-state index is 12.6. The van der Waals surface area contributed by atoms with Crippen LogP contribution in [-0.2, 0) is 18.9 Å². The van der Waals surface area contributed by atoms with Crippen LogP contribution in [0.4, 0.5) is 0 Å². The Labute approximate surface area is 161 Å². The Morgan fingerprint density at radius 3 is 1.46 bits per heavy atom. The highest BCUT2D eigenvalue weighted by atomic mass is 16.5. The topological polar surface area (TPSA) is 105 Å². The smallest absolute Gasteiger partial charge is 0.339 e. The molecule has 8 nitrogen and oxygen atoms in total. The summed E-state index contributed by atoms with van der Waals surface area (Å²) in [6.07, 6.45) is 0. The highest BCUT2D eigenvalue weighted by Crippen LogP contribution is 2.35. The second-order valence-corrected chi connectivity index (χ2v) is 5.97. The summed E-state index contributed by atoms with van der Waals surface area (Å²) in [5.74, 6) is -3.71. The maximum absolute atomic E-state index is 12.6. The SMILES string of the molecule is COC(=O)c1c(C(=O)OC)c(C(=O)OC)c2c(C)cc(C)cc2c1C(=O)OC. The van der Waals surface area contributed by atoms with Crippen LogP contribution in [-0.4, -0.2) is 52.3 Å². The molecule has 148 valence electrons. The molecule has 0 aliphatic rings. The monoisotopic (exact) mass is 388 g/mol. The number of methoxy groups -OCH3 is 4. The van der Waals surface area contributed by atoms with Crippen molar-refractivity contribution in [2.45, 2.75) is 13.8 Å². The zero-order chi connectivity index (χ0) is 21.2. The Morgan fingerprint density at radius 1 is 0.607 bits per heavy atom. The van der Waals surface area contributed by atoms with Crippen molar-refractivity contribution in [2.75, 3.05) is 28.4 Å². The number of ether oxygens (including phenoxy) is 4. The van der Waals surface area contributed by atoms with Gasteiger partial charge in [-0.25, -0.2) is 19.2 Å². The fourth-order valence-corrected chi connectivity index (χ4v) is 3.24. The van der Waals surface area contributed by atoms with E-state index in [0.717, 1.165) is 34.0 Å². The van der Waals surface area contributed by atoms with E-state index in [-0.39, 0.29) is 21.9 Å². The minimum Gasteiger partial charge on any atom is -0.465 e. The molecule has 0 heterocycles. The average molecular weight is 388 g/mol. The number of hydrogen-bond donors (Lipinski definition) is 0. The van der Waals surface area contributed by atoms with Crippen molar-refractivity contribution in [3.8, 4) is 0 Å². The van der Waals surface area contributed by atoms with Gasteiger partial charge in [-0.3, -0.25) is 0 Å². The molecular weight excluding hydrogens is 368 g/mol. The minimum atomic E-state index is -0.994. The second kappa shape index (κ2) is 8.08. The molecule has 0 N–H and O–H groups in total. The van der Waals surface area contributed by atoms with E-state index in [1.165, 1.54) is 0 Å². The molecule has 0 atom stereocenters. The zero-order valence-corrected chi connectivity index (χ0v) is 16.4. The Kier molecular flexibility index (Phi) is 6.03. The van der Waals surface area contributed by atoms with E-state index >= 15 is 0 Å². The lowest BCUT2D eigenvalue weighted by Gasteiger charge is -2.19. The first-order valence-electron chi connectivity index (χ1n) is 8.17. The van der Waals surface area contributed by atoms with E-state index in [1.54, 1.807) is 26.0 Å². The van der Waals surface area contributed by atoms with Gasteiger partial charge in [0.2, 0.25) is 0 Å². The summed E-state index contributed by atoms with van der Waals surface area (Å²) in [4.78, 5) is 50.4. The summed E-state index contributed by atoms with van der Waals surface area (Å²) in [7, 11) is 4.47. The van der Waals surface area contributed by atoms with Gasteiger partial charge in [-0.05, 0) is 24.8 Å². The van der Waals surface area contributed by atoms with Crippen molar-refractivity contribution in [3.63, 3.8) is 0 Å². The van der Waals surface area contributed by atoms with Gasteiger partial charge in [-0.1, -0.05) is 17.7 Å². The Balaban J connectivity index is 3.33. The number of rotatable bonds is 4. The molecule has 0 aliphatic heterocycles. The van der Waals surface area contributed by atoms with Gasteiger partial charge in [0.25, 0.3) is 0 Å². The summed E-state index contributed by atoms with van der Waals surface area (Å²) in [5.41, 5.74) is 0.161. The van der Waals surface area contributed by atoms with Gasteiger partial charge >= 0.3 is 23.9 Å². The molecule has 0 amide bonds. The molecule has 2 aromatic rings. The van der Waals surface area contributed by atoms with Crippen LogP contribution >= 0.6 is 0 Å². The summed E-state index contributed by atoms with van der Waals surface area (Å²) in [5, 5.41) is 0.545. The molecule has 0 saturated heterocycles. The minimum absolute atomic E-state index is 0.185.